The molecule has 124 valence electrons. The molecule has 0 aliphatic rings. The van der Waals surface area contributed by atoms with Crippen molar-refractivity contribution < 1.29 is 0 Å². The summed E-state index contributed by atoms with van der Waals surface area (Å²) in [6.45, 7) is 24.9. The topological polar surface area (TPSA) is 3.24 Å². The smallest absolute Gasteiger partial charge is 0.120 e. The van der Waals surface area contributed by atoms with Crippen molar-refractivity contribution in [2.75, 3.05) is 6.54 Å². The minimum Gasteiger partial charge on any atom is -0.345 e. The van der Waals surface area contributed by atoms with Crippen LogP contribution >= 0.6 is 0 Å². The standard InChI is InChI=1S/C19H35NSi2/c1-10-17-12-11-13-18(16-17)14-15-20(21(5,6)7)22(8,9)19(2,3)4/h10-13,16H,1,14-15H2,2-9H3. The predicted molar refractivity (Wildman–Crippen MR) is 107 cm³/mol. The zero-order valence-electron chi connectivity index (χ0n) is 16.0. The van der Waals surface area contributed by atoms with Gasteiger partial charge in [-0.2, -0.15) is 0 Å². The summed E-state index contributed by atoms with van der Waals surface area (Å²) in [6.07, 6.45) is 3.08. The van der Waals surface area contributed by atoms with Crippen LogP contribution in [-0.2, 0) is 6.42 Å². The normalized spacial score (nSPS) is 13.5. The van der Waals surface area contributed by atoms with Gasteiger partial charge in [0.15, 0.2) is 0 Å². The minimum atomic E-state index is -1.47. The molecule has 0 N–H and O–H groups in total. The Bertz CT molecular complexity index is 507. The van der Waals surface area contributed by atoms with E-state index in [2.05, 4.69) is 88.6 Å². The van der Waals surface area contributed by atoms with Crippen molar-refractivity contribution in [2.45, 2.75) is 65.0 Å². The Kier molecular flexibility index (Phi) is 6.04. The van der Waals surface area contributed by atoms with Crippen LogP contribution < -0.4 is 0 Å². The van der Waals surface area contributed by atoms with Gasteiger partial charge in [-0.1, -0.05) is 90.4 Å². The van der Waals surface area contributed by atoms with Crippen LogP contribution in [0.2, 0.25) is 37.8 Å². The van der Waals surface area contributed by atoms with Crippen molar-refractivity contribution in [2.24, 2.45) is 0 Å². The molecule has 0 fully saturated rings. The second-order valence-corrected chi connectivity index (χ2v) is 19.3. The van der Waals surface area contributed by atoms with Crippen LogP contribution in [0.5, 0.6) is 0 Å². The van der Waals surface area contributed by atoms with Gasteiger partial charge in [0.2, 0.25) is 0 Å². The molecule has 1 nitrogen and oxygen atoms in total. The van der Waals surface area contributed by atoms with Gasteiger partial charge >= 0.3 is 0 Å². The van der Waals surface area contributed by atoms with Gasteiger partial charge in [-0.25, -0.2) is 0 Å². The molecule has 0 aliphatic carbocycles. The first-order chi connectivity index (χ1) is 9.89. The average molecular weight is 334 g/mol. The van der Waals surface area contributed by atoms with Gasteiger partial charge < -0.3 is 4.23 Å². The highest BCUT2D eigenvalue weighted by Gasteiger charge is 2.45. The summed E-state index contributed by atoms with van der Waals surface area (Å²) in [4.78, 5) is 0. The molecule has 0 unspecified atom stereocenters. The van der Waals surface area contributed by atoms with E-state index in [1.807, 2.05) is 6.08 Å². The first-order valence-corrected chi connectivity index (χ1v) is 14.8. The van der Waals surface area contributed by atoms with E-state index in [1.54, 1.807) is 0 Å². The molecule has 1 aromatic carbocycles. The van der Waals surface area contributed by atoms with E-state index < -0.39 is 16.5 Å². The van der Waals surface area contributed by atoms with Crippen LogP contribution in [0.4, 0.5) is 0 Å². The van der Waals surface area contributed by atoms with Crippen LogP contribution in [0.1, 0.15) is 31.9 Å². The fraction of sp³-hybridized carbons (Fsp3) is 0.579. The lowest BCUT2D eigenvalue weighted by Gasteiger charge is -2.52. The zero-order valence-corrected chi connectivity index (χ0v) is 18.0. The van der Waals surface area contributed by atoms with E-state index in [0.29, 0.717) is 5.04 Å². The summed E-state index contributed by atoms with van der Waals surface area (Å²) < 4.78 is 2.93. The average Bonchev–Trinajstić information content (AvgIpc) is 2.36. The first kappa shape index (κ1) is 19.4. The molecule has 1 aromatic rings. The number of hydrogen-bond acceptors (Lipinski definition) is 1. The van der Waals surface area contributed by atoms with Crippen molar-refractivity contribution >= 4 is 22.5 Å². The lowest BCUT2D eigenvalue weighted by atomic mass is 10.1. The van der Waals surface area contributed by atoms with Gasteiger partial charge in [-0.15, -0.1) is 0 Å². The zero-order chi connectivity index (χ0) is 17.2. The molecule has 0 aromatic heterocycles. The maximum absolute atomic E-state index is 3.88. The third-order valence-electron chi connectivity index (χ3n) is 5.13. The number of benzene rings is 1. The van der Waals surface area contributed by atoms with Gasteiger partial charge in [-0.05, 0) is 29.1 Å². The fourth-order valence-electron chi connectivity index (χ4n) is 2.97. The highest BCUT2D eigenvalue weighted by atomic mass is 28.4. The number of rotatable bonds is 6. The Labute approximate surface area is 140 Å². The first-order valence-electron chi connectivity index (χ1n) is 8.39. The van der Waals surface area contributed by atoms with Gasteiger partial charge in [0.25, 0.3) is 0 Å². The molecular formula is C19H35NSi2. The summed E-state index contributed by atoms with van der Waals surface area (Å²) in [5.41, 5.74) is 2.66. The minimum absolute atomic E-state index is 0.399. The third-order valence-corrected chi connectivity index (χ3v) is 15.9. The van der Waals surface area contributed by atoms with E-state index in [9.17, 15) is 0 Å². The van der Waals surface area contributed by atoms with E-state index in [-0.39, 0.29) is 0 Å². The second kappa shape index (κ2) is 6.85. The van der Waals surface area contributed by atoms with Crippen LogP contribution in [0.15, 0.2) is 30.8 Å². The maximum Gasteiger partial charge on any atom is 0.120 e. The van der Waals surface area contributed by atoms with Crippen molar-refractivity contribution in [3.8, 4) is 0 Å². The summed E-state index contributed by atoms with van der Waals surface area (Å²) in [5.74, 6) is 0. The summed E-state index contributed by atoms with van der Waals surface area (Å²) in [7, 11) is -2.80. The van der Waals surface area contributed by atoms with Crippen LogP contribution in [0.25, 0.3) is 6.08 Å². The third kappa shape index (κ3) is 4.67. The van der Waals surface area contributed by atoms with E-state index in [4.69, 9.17) is 0 Å². The molecule has 22 heavy (non-hydrogen) atoms. The van der Waals surface area contributed by atoms with Crippen molar-refractivity contribution in [3.05, 3.63) is 42.0 Å². The Morgan fingerprint density at radius 1 is 1.09 bits per heavy atom. The highest BCUT2D eigenvalue weighted by Crippen LogP contribution is 2.40. The summed E-state index contributed by atoms with van der Waals surface area (Å²) in [5, 5.41) is 0.399. The SMILES string of the molecule is C=Cc1cccc(CCN([Si](C)(C)C)[Si](C)(C)C(C)(C)C)c1. The molecular weight excluding hydrogens is 298 g/mol. The molecule has 0 heterocycles. The van der Waals surface area contributed by atoms with Crippen LogP contribution in [0.3, 0.4) is 0 Å². The van der Waals surface area contributed by atoms with Crippen molar-refractivity contribution in [1.29, 1.82) is 0 Å². The van der Waals surface area contributed by atoms with Crippen molar-refractivity contribution in [1.82, 2.24) is 4.23 Å². The van der Waals surface area contributed by atoms with Crippen molar-refractivity contribution in [3.63, 3.8) is 0 Å². The molecule has 3 heteroatoms. The Balaban J connectivity index is 2.99. The lowest BCUT2D eigenvalue weighted by Crippen LogP contribution is -2.64. The van der Waals surface area contributed by atoms with E-state index in [0.717, 1.165) is 6.42 Å². The molecule has 0 saturated carbocycles. The molecule has 0 amide bonds. The van der Waals surface area contributed by atoms with Crippen LogP contribution in [0, 0.1) is 0 Å². The molecule has 0 atom stereocenters. The molecule has 0 bridgehead atoms. The van der Waals surface area contributed by atoms with Gasteiger partial charge in [-0.3, -0.25) is 0 Å². The van der Waals surface area contributed by atoms with Gasteiger partial charge in [0, 0.05) is 0 Å². The second-order valence-electron chi connectivity index (χ2n) is 8.83. The van der Waals surface area contributed by atoms with Crippen LogP contribution in [-0.4, -0.2) is 27.2 Å². The molecule has 0 radical (unpaired) electrons. The molecule has 0 spiro atoms. The number of hydrogen-bond donors (Lipinski definition) is 0. The monoisotopic (exact) mass is 333 g/mol. The van der Waals surface area contributed by atoms with E-state index in [1.165, 1.54) is 17.7 Å². The summed E-state index contributed by atoms with van der Waals surface area (Å²) >= 11 is 0. The van der Waals surface area contributed by atoms with E-state index >= 15 is 0 Å². The number of nitrogens with zero attached hydrogens (tertiary/aromatic N) is 1. The largest absolute Gasteiger partial charge is 0.345 e. The lowest BCUT2D eigenvalue weighted by molar-refractivity contribution is 0.551. The Hall–Kier alpha value is -0.646. The molecule has 0 aliphatic heterocycles. The molecule has 1 rings (SSSR count). The Morgan fingerprint density at radius 3 is 2.14 bits per heavy atom. The maximum atomic E-state index is 3.88. The summed E-state index contributed by atoms with van der Waals surface area (Å²) in [6, 6.07) is 8.81. The highest BCUT2D eigenvalue weighted by molar-refractivity contribution is 6.91. The molecule has 0 saturated heterocycles. The fourth-order valence-corrected chi connectivity index (χ4v) is 13.0. The van der Waals surface area contributed by atoms with Gasteiger partial charge in [0.1, 0.15) is 16.5 Å². The van der Waals surface area contributed by atoms with Gasteiger partial charge in [0.05, 0.1) is 0 Å². The predicted octanol–water partition coefficient (Wildman–Crippen LogP) is 6.01. The Morgan fingerprint density at radius 2 is 1.68 bits per heavy atom. The quantitative estimate of drug-likeness (QED) is 0.576.